The quantitative estimate of drug-likeness (QED) is 0.391. The fourth-order valence-corrected chi connectivity index (χ4v) is 9.86. The Bertz CT molecular complexity index is 1150. The SMILES string of the molecule is CO[C@@H]1SC([C@H]2CSC([C@@H]3CSC([C@@]4(O)N=C(c5cc(Cl)ccc5O)O[C@@H]4C)N3C)=N2)N(C)[C@H]1C(=O)O.[Zn]. The molecule has 5 rings (SSSR count). The maximum Gasteiger partial charge on any atom is 0.324 e. The maximum atomic E-state index is 11.8. The van der Waals surface area contributed by atoms with Crippen molar-refractivity contribution in [1.82, 2.24) is 9.80 Å². The number of benzene rings is 1. The van der Waals surface area contributed by atoms with Crippen LogP contribution in [0, 0.1) is 0 Å². The number of likely N-dealkylation sites (N-methyl/N-ethyl adjacent to an activating group) is 2. The maximum absolute atomic E-state index is 11.8. The smallest absolute Gasteiger partial charge is 0.324 e. The van der Waals surface area contributed by atoms with Crippen molar-refractivity contribution in [2.45, 2.75) is 53.1 Å². The van der Waals surface area contributed by atoms with Crippen molar-refractivity contribution in [3.05, 3.63) is 28.8 Å². The number of nitrogens with zero attached hydrogens (tertiary/aromatic N) is 4. The van der Waals surface area contributed by atoms with E-state index in [0.717, 1.165) is 10.8 Å². The summed E-state index contributed by atoms with van der Waals surface area (Å²) in [6.45, 7) is 1.76. The van der Waals surface area contributed by atoms with Gasteiger partial charge in [0.25, 0.3) is 0 Å². The molecule has 0 amide bonds. The van der Waals surface area contributed by atoms with Gasteiger partial charge in [-0.1, -0.05) is 11.6 Å². The van der Waals surface area contributed by atoms with Gasteiger partial charge in [0, 0.05) is 43.1 Å². The summed E-state index contributed by atoms with van der Waals surface area (Å²) >= 11 is 10.9. The molecule has 0 radical (unpaired) electrons. The number of aliphatic carboxylic acids is 1. The van der Waals surface area contributed by atoms with Crippen molar-refractivity contribution in [3.63, 3.8) is 0 Å². The van der Waals surface area contributed by atoms with Crippen molar-refractivity contribution in [2.75, 3.05) is 32.7 Å². The molecule has 1 aromatic rings. The molecule has 4 heterocycles. The first kappa shape index (κ1) is 30.4. The second kappa shape index (κ2) is 11.7. The van der Waals surface area contributed by atoms with Gasteiger partial charge in [0.05, 0.1) is 28.1 Å². The molecule has 0 aliphatic carbocycles. The molecule has 0 spiro atoms. The average Bonchev–Trinajstić information content (AvgIpc) is 3.61. The number of aromatic hydroxyl groups is 1. The van der Waals surface area contributed by atoms with E-state index in [0.29, 0.717) is 16.3 Å². The number of hydrogen-bond acceptors (Lipinski definition) is 12. The molecule has 0 aromatic heterocycles. The summed E-state index contributed by atoms with van der Waals surface area (Å²) in [5, 5.41) is 32.5. The molecule has 4 aliphatic rings. The van der Waals surface area contributed by atoms with Gasteiger partial charge in [0.15, 0.2) is 0 Å². The van der Waals surface area contributed by atoms with Gasteiger partial charge in [0.2, 0.25) is 11.6 Å². The molecule has 8 atom stereocenters. The van der Waals surface area contributed by atoms with Crippen molar-refractivity contribution in [2.24, 2.45) is 9.98 Å². The van der Waals surface area contributed by atoms with Crippen LogP contribution in [0.15, 0.2) is 28.2 Å². The Labute approximate surface area is 251 Å². The predicted octanol–water partition coefficient (Wildman–Crippen LogP) is 2.21. The van der Waals surface area contributed by atoms with Crippen molar-refractivity contribution >= 4 is 63.8 Å². The van der Waals surface area contributed by atoms with E-state index in [9.17, 15) is 20.1 Å². The van der Waals surface area contributed by atoms with Crippen LogP contribution in [-0.2, 0) is 33.7 Å². The number of thioether (sulfide) groups is 3. The van der Waals surface area contributed by atoms with E-state index in [1.807, 2.05) is 19.0 Å². The zero-order valence-corrected chi connectivity index (χ0v) is 27.5. The number of aliphatic imine (C=N–C) groups is 2. The van der Waals surface area contributed by atoms with Crippen molar-refractivity contribution < 1.29 is 49.1 Å². The summed E-state index contributed by atoms with van der Waals surface area (Å²) < 4.78 is 11.3. The first-order chi connectivity index (χ1) is 17.5. The number of rotatable bonds is 6. The molecule has 2 saturated heterocycles. The Morgan fingerprint density at radius 2 is 2.03 bits per heavy atom. The fourth-order valence-electron chi connectivity index (χ4n) is 5.07. The topological polar surface area (TPSA) is 127 Å². The molecule has 0 bridgehead atoms. The number of phenols is 1. The van der Waals surface area contributed by atoms with Crippen LogP contribution < -0.4 is 0 Å². The molecular weight excluding hydrogens is 625 g/mol. The molecule has 1 aromatic carbocycles. The number of hydrogen-bond donors (Lipinski definition) is 3. The number of aliphatic hydroxyl groups is 1. The summed E-state index contributed by atoms with van der Waals surface area (Å²) in [5.41, 5.74) is -1.65. The van der Waals surface area contributed by atoms with E-state index >= 15 is 0 Å². The summed E-state index contributed by atoms with van der Waals surface area (Å²) in [6.07, 6.45) is -0.645. The molecule has 2 unspecified atom stereocenters. The second-order valence-electron chi connectivity index (χ2n) is 9.41. The van der Waals surface area contributed by atoms with Crippen LogP contribution in [-0.4, -0.2) is 121 Å². The minimum atomic E-state index is -1.54. The van der Waals surface area contributed by atoms with Crippen LogP contribution in [0.1, 0.15) is 12.5 Å². The van der Waals surface area contributed by atoms with Crippen molar-refractivity contribution in [3.8, 4) is 5.75 Å². The summed E-state index contributed by atoms with van der Waals surface area (Å²) in [6, 6.07) is 3.79. The Morgan fingerprint density at radius 3 is 2.68 bits per heavy atom. The summed E-state index contributed by atoms with van der Waals surface area (Å²) in [7, 11) is 5.29. The zero-order valence-electron chi connectivity index (χ0n) is 21.4. The Balaban J connectivity index is 0.00000336. The minimum Gasteiger partial charge on any atom is -0.507 e. The first-order valence-corrected chi connectivity index (χ1v) is 15.1. The zero-order chi connectivity index (χ0) is 26.6. The largest absolute Gasteiger partial charge is 0.507 e. The number of ether oxygens (including phenoxy) is 2. The minimum absolute atomic E-state index is 0. The van der Waals surface area contributed by atoms with E-state index in [1.54, 1.807) is 42.6 Å². The van der Waals surface area contributed by atoms with E-state index in [4.69, 9.17) is 26.1 Å². The van der Waals surface area contributed by atoms with Crippen LogP contribution in [0.4, 0.5) is 0 Å². The van der Waals surface area contributed by atoms with E-state index < -0.39 is 34.6 Å². The first-order valence-electron chi connectivity index (χ1n) is 11.7. The summed E-state index contributed by atoms with van der Waals surface area (Å²) in [5.74, 6) is 0.695. The van der Waals surface area contributed by atoms with Crippen LogP contribution in [0.2, 0.25) is 5.02 Å². The van der Waals surface area contributed by atoms with Gasteiger partial charge in [-0.25, -0.2) is 4.99 Å². The van der Waals surface area contributed by atoms with Crippen LogP contribution >= 0.6 is 46.9 Å². The van der Waals surface area contributed by atoms with E-state index in [2.05, 4.69) is 9.89 Å². The molecule has 4 aliphatic heterocycles. The van der Waals surface area contributed by atoms with Crippen LogP contribution in [0.5, 0.6) is 5.75 Å². The third-order valence-electron chi connectivity index (χ3n) is 7.16. The molecule has 204 valence electrons. The predicted molar refractivity (Wildman–Crippen MR) is 148 cm³/mol. The number of carboxylic acids is 1. The number of phenolic OH excluding ortho intramolecular Hbond substituents is 1. The van der Waals surface area contributed by atoms with Gasteiger partial charge in [-0.2, -0.15) is 0 Å². The number of carbonyl (C=O) groups is 1. The number of halogens is 1. The van der Waals surface area contributed by atoms with Crippen LogP contribution in [0.3, 0.4) is 0 Å². The Hall–Kier alpha value is -0.567. The number of methoxy groups -OCH3 is 1. The molecule has 38 heavy (non-hydrogen) atoms. The third kappa shape index (κ3) is 5.25. The fraction of sp³-hybridized carbons (Fsp3) is 0.609. The van der Waals surface area contributed by atoms with Gasteiger partial charge in [-0.15, -0.1) is 35.3 Å². The van der Waals surface area contributed by atoms with Gasteiger partial charge >= 0.3 is 5.97 Å². The van der Waals surface area contributed by atoms with Gasteiger partial charge in [0.1, 0.15) is 28.7 Å². The Kier molecular flexibility index (Phi) is 9.39. The molecule has 15 heteroatoms. The van der Waals surface area contributed by atoms with E-state index in [-0.39, 0.29) is 48.6 Å². The molecule has 3 N–H and O–H groups in total. The van der Waals surface area contributed by atoms with Crippen LogP contribution in [0.25, 0.3) is 0 Å². The average molecular weight is 655 g/mol. The Morgan fingerprint density at radius 1 is 1.29 bits per heavy atom. The molecule has 10 nitrogen and oxygen atoms in total. The van der Waals surface area contributed by atoms with Gasteiger partial charge < -0.3 is 24.8 Å². The van der Waals surface area contributed by atoms with Gasteiger partial charge in [-0.05, 0) is 39.2 Å². The third-order valence-corrected chi connectivity index (χ3v) is 11.7. The van der Waals surface area contributed by atoms with E-state index in [1.165, 1.54) is 24.9 Å². The van der Waals surface area contributed by atoms with Gasteiger partial charge in [-0.3, -0.25) is 19.6 Å². The van der Waals surface area contributed by atoms with Crippen molar-refractivity contribution in [1.29, 1.82) is 0 Å². The molecular formula is C23H29ClN4O6S3Zn. The standard InChI is InChI=1S/C23H29ClN4O6S3.Zn/c1-10-23(32,26-17(34-10)12-7-11(24)5-6-15(12)29)22-27(2)14(9-36-22)18-25-13(8-35-18)19-28(3)16(20(30)31)21(33-4)37-19;/h5-7,10,13-14,16,19,21-22,29,32H,8-9H2,1-4H3,(H,30,31);/t10-,13-,14+,16+,19?,21-,22?,23-;/m1./s1. The monoisotopic (exact) mass is 652 g/mol. The molecule has 2 fully saturated rings. The second-order valence-corrected chi connectivity index (χ2v) is 13.2. The summed E-state index contributed by atoms with van der Waals surface area (Å²) in [4.78, 5) is 25.3. The molecule has 0 saturated carbocycles. The number of carboxylic acid groups (broad SMARTS) is 1. The normalized spacial score (nSPS) is 37.6.